The molecule has 0 spiro atoms. The van der Waals surface area contributed by atoms with Crippen LogP contribution < -0.4 is 14.8 Å². The number of amides is 1. The number of carbonyl (C=O) groups excluding carboxylic acids is 1. The maximum Gasteiger partial charge on any atom is 0.415 e. The van der Waals surface area contributed by atoms with Crippen molar-refractivity contribution >= 4 is 6.09 Å². The molecule has 0 saturated heterocycles. The van der Waals surface area contributed by atoms with Crippen molar-refractivity contribution < 1.29 is 18.7 Å². The number of halogens is 1. The Balaban J connectivity index is 1.66. The zero-order chi connectivity index (χ0) is 22.8. The standard InChI is InChI=1S/C26H29FN2O3/c1-20(15-16-31-25-14-13-23(27)17-22(25)18-28-2)29(19-21-9-5-3-6-10-21)26(30)32-24-11-7-4-8-12-24/h3-14,17,20,28H,15-16,18-19H2,1-2H3/t20-/m1/s1. The van der Waals surface area contributed by atoms with E-state index < -0.39 is 6.09 Å². The van der Waals surface area contributed by atoms with Gasteiger partial charge in [-0.1, -0.05) is 48.5 Å². The molecule has 0 heterocycles. The Morgan fingerprint density at radius 3 is 2.41 bits per heavy atom. The van der Waals surface area contributed by atoms with E-state index in [9.17, 15) is 9.18 Å². The summed E-state index contributed by atoms with van der Waals surface area (Å²) in [6.07, 6.45) is 0.179. The fourth-order valence-corrected chi connectivity index (χ4v) is 3.34. The summed E-state index contributed by atoms with van der Waals surface area (Å²) in [7, 11) is 1.80. The van der Waals surface area contributed by atoms with Crippen LogP contribution in [-0.4, -0.2) is 30.7 Å². The molecule has 0 aliphatic rings. The van der Waals surface area contributed by atoms with Crippen molar-refractivity contribution in [2.75, 3.05) is 13.7 Å². The molecule has 1 N–H and O–H groups in total. The molecule has 5 nitrogen and oxygen atoms in total. The first-order chi connectivity index (χ1) is 15.6. The van der Waals surface area contributed by atoms with E-state index in [1.807, 2.05) is 55.5 Å². The second kappa shape index (κ2) is 11.9. The number of ether oxygens (including phenoxy) is 2. The van der Waals surface area contributed by atoms with E-state index in [2.05, 4.69) is 5.32 Å². The number of rotatable bonds is 10. The van der Waals surface area contributed by atoms with Gasteiger partial charge in [-0.3, -0.25) is 0 Å². The zero-order valence-electron chi connectivity index (χ0n) is 18.5. The highest BCUT2D eigenvalue weighted by Gasteiger charge is 2.23. The third kappa shape index (κ3) is 6.82. The molecule has 0 radical (unpaired) electrons. The van der Waals surface area contributed by atoms with Crippen LogP contribution in [0.1, 0.15) is 24.5 Å². The van der Waals surface area contributed by atoms with Gasteiger partial charge in [0, 0.05) is 31.1 Å². The zero-order valence-corrected chi connectivity index (χ0v) is 18.5. The second-order valence-electron chi connectivity index (χ2n) is 7.56. The highest BCUT2D eigenvalue weighted by Crippen LogP contribution is 2.21. The first kappa shape index (κ1) is 23.3. The van der Waals surface area contributed by atoms with Crippen LogP contribution in [0.2, 0.25) is 0 Å². The molecule has 3 rings (SSSR count). The number of hydrogen-bond donors (Lipinski definition) is 1. The fourth-order valence-electron chi connectivity index (χ4n) is 3.34. The smallest absolute Gasteiger partial charge is 0.415 e. The largest absolute Gasteiger partial charge is 0.493 e. The van der Waals surface area contributed by atoms with E-state index in [0.717, 1.165) is 11.1 Å². The maximum atomic E-state index is 13.6. The molecule has 0 aliphatic carbocycles. The summed E-state index contributed by atoms with van der Waals surface area (Å²) in [6, 6.07) is 23.2. The van der Waals surface area contributed by atoms with Crippen LogP contribution in [0.5, 0.6) is 11.5 Å². The summed E-state index contributed by atoms with van der Waals surface area (Å²) >= 11 is 0. The Kier molecular flexibility index (Phi) is 8.63. The van der Waals surface area contributed by atoms with E-state index in [4.69, 9.17) is 9.47 Å². The van der Waals surface area contributed by atoms with E-state index in [0.29, 0.717) is 37.6 Å². The molecule has 0 unspecified atom stereocenters. The Labute approximate surface area is 188 Å². The quantitative estimate of drug-likeness (QED) is 0.462. The van der Waals surface area contributed by atoms with E-state index >= 15 is 0 Å². The van der Waals surface area contributed by atoms with Crippen molar-refractivity contribution in [2.24, 2.45) is 0 Å². The Morgan fingerprint density at radius 2 is 1.72 bits per heavy atom. The molecule has 0 saturated carbocycles. The van der Waals surface area contributed by atoms with Crippen LogP contribution in [0.4, 0.5) is 9.18 Å². The molecule has 6 heteroatoms. The van der Waals surface area contributed by atoms with Crippen LogP contribution in [0.25, 0.3) is 0 Å². The third-order valence-corrected chi connectivity index (χ3v) is 5.09. The molecule has 1 atom stereocenters. The number of carbonyl (C=O) groups is 1. The molecule has 32 heavy (non-hydrogen) atoms. The van der Waals surface area contributed by atoms with Crippen molar-refractivity contribution in [1.82, 2.24) is 10.2 Å². The van der Waals surface area contributed by atoms with Crippen LogP contribution in [0, 0.1) is 5.82 Å². The lowest BCUT2D eigenvalue weighted by atomic mass is 10.1. The van der Waals surface area contributed by atoms with Gasteiger partial charge >= 0.3 is 6.09 Å². The number of para-hydroxylation sites is 1. The van der Waals surface area contributed by atoms with Crippen molar-refractivity contribution in [3.05, 3.63) is 95.8 Å². The highest BCUT2D eigenvalue weighted by molar-refractivity contribution is 5.71. The lowest BCUT2D eigenvalue weighted by molar-refractivity contribution is 0.122. The molecule has 0 bridgehead atoms. The van der Waals surface area contributed by atoms with Gasteiger partial charge in [0.1, 0.15) is 17.3 Å². The van der Waals surface area contributed by atoms with Gasteiger partial charge in [-0.25, -0.2) is 9.18 Å². The van der Waals surface area contributed by atoms with Gasteiger partial charge in [0.15, 0.2) is 0 Å². The third-order valence-electron chi connectivity index (χ3n) is 5.09. The number of nitrogens with zero attached hydrogens (tertiary/aromatic N) is 1. The Hall–Kier alpha value is -3.38. The SMILES string of the molecule is CNCc1cc(F)ccc1OCC[C@@H](C)N(Cc1ccccc1)C(=O)Oc1ccccc1. The molecule has 0 fully saturated rings. The molecular formula is C26H29FN2O3. The van der Waals surface area contributed by atoms with Crippen LogP contribution in [0.3, 0.4) is 0 Å². The molecule has 0 aromatic heterocycles. The summed E-state index contributed by atoms with van der Waals surface area (Å²) in [5.41, 5.74) is 1.77. The van der Waals surface area contributed by atoms with Gasteiger partial charge in [0.25, 0.3) is 0 Å². The molecule has 1 amide bonds. The van der Waals surface area contributed by atoms with Gasteiger partial charge < -0.3 is 19.7 Å². The van der Waals surface area contributed by atoms with Crippen LogP contribution in [-0.2, 0) is 13.1 Å². The summed E-state index contributed by atoms with van der Waals surface area (Å²) in [6.45, 7) is 3.28. The number of nitrogens with one attached hydrogen (secondary N) is 1. The predicted molar refractivity (Wildman–Crippen MR) is 123 cm³/mol. The lowest BCUT2D eigenvalue weighted by Gasteiger charge is -2.28. The fraction of sp³-hybridized carbons (Fsp3) is 0.269. The molecule has 3 aromatic rings. The van der Waals surface area contributed by atoms with Gasteiger partial charge in [0.05, 0.1) is 6.61 Å². The normalized spacial score (nSPS) is 11.6. The first-order valence-electron chi connectivity index (χ1n) is 10.7. The number of hydrogen-bond acceptors (Lipinski definition) is 4. The van der Waals surface area contributed by atoms with Crippen molar-refractivity contribution in [1.29, 1.82) is 0 Å². The lowest BCUT2D eigenvalue weighted by Crippen LogP contribution is -2.40. The minimum absolute atomic E-state index is 0.139. The summed E-state index contributed by atoms with van der Waals surface area (Å²) in [5, 5.41) is 3.02. The summed E-state index contributed by atoms with van der Waals surface area (Å²) in [4.78, 5) is 14.7. The minimum atomic E-state index is -0.412. The predicted octanol–water partition coefficient (Wildman–Crippen LogP) is 5.40. The summed E-state index contributed by atoms with van der Waals surface area (Å²) in [5.74, 6) is 0.838. The molecule has 168 valence electrons. The van der Waals surface area contributed by atoms with Crippen molar-refractivity contribution in [3.8, 4) is 11.5 Å². The van der Waals surface area contributed by atoms with E-state index in [-0.39, 0.29) is 11.9 Å². The second-order valence-corrected chi connectivity index (χ2v) is 7.56. The van der Waals surface area contributed by atoms with E-state index in [1.165, 1.54) is 12.1 Å². The van der Waals surface area contributed by atoms with Gasteiger partial charge in [-0.15, -0.1) is 0 Å². The monoisotopic (exact) mass is 436 g/mol. The Morgan fingerprint density at radius 1 is 1.03 bits per heavy atom. The van der Waals surface area contributed by atoms with Gasteiger partial charge in [-0.2, -0.15) is 0 Å². The van der Waals surface area contributed by atoms with Gasteiger partial charge in [-0.05, 0) is 49.9 Å². The Bertz CT molecular complexity index is 983. The highest BCUT2D eigenvalue weighted by atomic mass is 19.1. The number of benzene rings is 3. The van der Waals surface area contributed by atoms with Crippen LogP contribution >= 0.6 is 0 Å². The molecular weight excluding hydrogens is 407 g/mol. The van der Waals surface area contributed by atoms with Gasteiger partial charge in [0.2, 0.25) is 0 Å². The summed E-state index contributed by atoms with van der Waals surface area (Å²) < 4.78 is 25.1. The first-order valence-corrected chi connectivity index (χ1v) is 10.7. The average molecular weight is 437 g/mol. The molecule has 0 aliphatic heterocycles. The van der Waals surface area contributed by atoms with Crippen LogP contribution in [0.15, 0.2) is 78.9 Å². The van der Waals surface area contributed by atoms with E-state index in [1.54, 1.807) is 30.1 Å². The minimum Gasteiger partial charge on any atom is -0.493 e. The molecule has 3 aromatic carbocycles. The van der Waals surface area contributed by atoms with Crippen molar-refractivity contribution in [2.45, 2.75) is 32.5 Å². The topological polar surface area (TPSA) is 50.8 Å². The average Bonchev–Trinajstić information content (AvgIpc) is 2.80. The maximum absolute atomic E-state index is 13.6. The van der Waals surface area contributed by atoms with Crippen molar-refractivity contribution in [3.63, 3.8) is 0 Å².